The minimum Gasteiger partial charge on any atom is -0.490 e. The molecule has 2 amide bonds. The van der Waals surface area contributed by atoms with Crippen molar-refractivity contribution in [1.29, 1.82) is 0 Å². The minimum absolute atomic E-state index is 0.000979. The van der Waals surface area contributed by atoms with Crippen molar-refractivity contribution in [2.24, 2.45) is 0 Å². The number of hydrogen-bond acceptors (Lipinski definition) is 4. The number of anilines is 1. The Morgan fingerprint density at radius 1 is 1.03 bits per heavy atom. The van der Waals surface area contributed by atoms with Gasteiger partial charge >= 0.3 is 6.18 Å². The van der Waals surface area contributed by atoms with Gasteiger partial charge in [-0.3, -0.25) is 9.59 Å². The van der Waals surface area contributed by atoms with E-state index < -0.39 is 46.8 Å². The summed E-state index contributed by atoms with van der Waals surface area (Å²) in [6.07, 6.45) is -3.96. The number of fused-ring (bicyclic) bond motifs is 1. The number of ether oxygens (including phenoxy) is 2. The van der Waals surface area contributed by atoms with E-state index in [2.05, 4.69) is 10.6 Å². The van der Waals surface area contributed by atoms with Gasteiger partial charge in [-0.15, -0.1) is 0 Å². The maximum absolute atomic E-state index is 14.1. The van der Waals surface area contributed by atoms with Crippen LogP contribution in [0.25, 0.3) is 0 Å². The number of nitrogens with one attached hydrogen (secondary N) is 2. The van der Waals surface area contributed by atoms with Crippen LogP contribution < -0.4 is 15.4 Å². The summed E-state index contributed by atoms with van der Waals surface area (Å²) in [5.41, 5.74) is -1.44. The highest BCUT2D eigenvalue weighted by Gasteiger charge is 2.36. The van der Waals surface area contributed by atoms with E-state index in [0.29, 0.717) is 38.2 Å². The third-order valence-electron chi connectivity index (χ3n) is 6.44. The monoisotopic (exact) mass is 566 g/mol. The standard InChI is InChI=1S/C27H20ClF5N2O4/c28-21-2-1-15(29)10-19(21)24-23-20(26(37)35-24)11-18(39-17-3-5-38-6-4-17)12-22(23)34-25(36)13-7-14(27(31,32)33)9-16(30)8-13/h1-2,7-12,17,24H,3-6H2,(H,34,36)(H,35,37). The quantitative estimate of drug-likeness (QED) is 0.357. The highest BCUT2D eigenvalue weighted by molar-refractivity contribution is 6.31. The Bertz CT molecular complexity index is 1460. The second kappa shape index (κ2) is 10.5. The van der Waals surface area contributed by atoms with Gasteiger partial charge in [0.1, 0.15) is 23.5 Å². The molecule has 0 radical (unpaired) electrons. The van der Waals surface area contributed by atoms with Crippen LogP contribution in [0.2, 0.25) is 5.02 Å². The summed E-state index contributed by atoms with van der Waals surface area (Å²) >= 11 is 6.29. The molecule has 0 aromatic heterocycles. The van der Waals surface area contributed by atoms with Crippen LogP contribution in [0.5, 0.6) is 5.75 Å². The summed E-state index contributed by atoms with van der Waals surface area (Å²) in [7, 11) is 0. The zero-order valence-corrected chi connectivity index (χ0v) is 20.8. The van der Waals surface area contributed by atoms with Gasteiger partial charge in [-0.2, -0.15) is 13.2 Å². The normalized spacial score (nSPS) is 17.5. The number of benzene rings is 3. The van der Waals surface area contributed by atoms with Gasteiger partial charge in [0, 0.05) is 40.6 Å². The third kappa shape index (κ3) is 5.69. The van der Waals surface area contributed by atoms with Gasteiger partial charge in [0.2, 0.25) is 0 Å². The van der Waals surface area contributed by atoms with E-state index in [1.807, 2.05) is 0 Å². The van der Waals surface area contributed by atoms with Crippen LogP contribution in [0, 0.1) is 11.6 Å². The summed E-state index contributed by atoms with van der Waals surface area (Å²) in [5, 5.41) is 5.32. The number of rotatable bonds is 5. The summed E-state index contributed by atoms with van der Waals surface area (Å²) in [6.45, 7) is 0.946. The lowest BCUT2D eigenvalue weighted by molar-refractivity contribution is -0.137. The second-order valence-corrected chi connectivity index (χ2v) is 9.52. The molecular weight excluding hydrogens is 547 g/mol. The summed E-state index contributed by atoms with van der Waals surface area (Å²) in [6, 6.07) is 6.92. The molecule has 0 spiro atoms. The molecule has 5 rings (SSSR count). The van der Waals surface area contributed by atoms with Crippen molar-refractivity contribution in [2.45, 2.75) is 31.2 Å². The topological polar surface area (TPSA) is 76.7 Å². The largest absolute Gasteiger partial charge is 0.490 e. The highest BCUT2D eigenvalue weighted by atomic mass is 35.5. The van der Waals surface area contributed by atoms with Gasteiger partial charge in [-0.1, -0.05) is 11.6 Å². The number of amides is 2. The van der Waals surface area contributed by atoms with Crippen molar-refractivity contribution in [3.8, 4) is 5.75 Å². The highest BCUT2D eigenvalue weighted by Crippen LogP contribution is 2.42. The first kappa shape index (κ1) is 26.9. The van der Waals surface area contributed by atoms with E-state index in [4.69, 9.17) is 21.1 Å². The molecule has 2 aliphatic heterocycles. The average molecular weight is 567 g/mol. The van der Waals surface area contributed by atoms with E-state index in [9.17, 15) is 31.5 Å². The van der Waals surface area contributed by atoms with Gasteiger partial charge in [-0.05, 0) is 42.5 Å². The first-order valence-electron chi connectivity index (χ1n) is 11.9. The fourth-order valence-corrected chi connectivity index (χ4v) is 4.84. The molecule has 39 heavy (non-hydrogen) atoms. The number of carbonyl (C=O) groups excluding carboxylic acids is 2. The molecule has 2 heterocycles. The second-order valence-electron chi connectivity index (χ2n) is 9.11. The molecule has 0 aliphatic carbocycles. The van der Waals surface area contributed by atoms with Crippen molar-refractivity contribution in [1.82, 2.24) is 5.32 Å². The minimum atomic E-state index is -4.88. The Hall–Kier alpha value is -3.70. The Morgan fingerprint density at radius 2 is 1.77 bits per heavy atom. The summed E-state index contributed by atoms with van der Waals surface area (Å²) in [4.78, 5) is 26.1. The summed E-state index contributed by atoms with van der Waals surface area (Å²) in [5.74, 6) is -3.28. The molecule has 0 bridgehead atoms. The lowest BCUT2D eigenvalue weighted by Crippen LogP contribution is -2.26. The summed E-state index contributed by atoms with van der Waals surface area (Å²) < 4.78 is 79.2. The van der Waals surface area contributed by atoms with Gasteiger partial charge in [0.15, 0.2) is 0 Å². The molecule has 2 aliphatic rings. The van der Waals surface area contributed by atoms with Crippen molar-refractivity contribution in [3.05, 3.63) is 93.0 Å². The smallest absolute Gasteiger partial charge is 0.416 e. The molecule has 1 atom stereocenters. The molecule has 1 fully saturated rings. The molecule has 3 aromatic rings. The Kier molecular flexibility index (Phi) is 7.21. The van der Waals surface area contributed by atoms with Crippen LogP contribution in [0.3, 0.4) is 0 Å². The van der Waals surface area contributed by atoms with Crippen molar-refractivity contribution in [2.75, 3.05) is 18.5 Å². The predicted octanol–water partition coefficient (Wildman–Crippen LogP) is 6.28. The Labute approximate surface area is 224 Å². The van der Waals surface area contributed by atoms with Crippen molar-refractivity contribution in [3.63, 3.8) is 0 Å². The number of halogens is 6. The lowest BCUT2D eigenvalue weighted by atomic mass is 9.95. The van der Waals surface area contributed by atoms with E-state index in [-0.39, 0.29) is 45.3 Å². The molecule has 1 unspecified atom stereocenters. The Balaban J connectivity index is 1.58. The molecule has 0 saturated carbocycles. The van der Waals surface area contributed by atoms with Crippen LogP contribution in [-0.4, -0.2) is 31.1 Å². The molecule has 2 N–H and O–H groups in total. The first-order valence-corrected chi connectivity index (χ1v) is 12.2. The SMILES string of the molecule is O=C(Nc1cc(OC2CCOCC2)cc2c1C(c1cc(F)ccc1Cl)NC2=O)c1cc(F)cc(C(F)(F)F)c1. The van der Waals surface area contributed by atoms with E-state index in [1.54, 1.807) is 0 Å². The molecule has 12 heteroatoms. The van der Waals surface area contributed by atoms with E-state index in [0.717, 1.165) is 12.1 Å². The number of carbonyl (C=O) groups is 2. The van der Waals surface area contributed by atoms with Crippen LogP contribution in [-0.2, 0) is 10.9 Å². The molecular formula is C27H20ClF5N2O4. The molecule has 1 saturated heterocycles. The van der Waals surface area contributed by atoms with E-state index in [1.165, 1.54) is 18.2 Å². The molecule has 3 aromatic carbocycles. The molecule has 6 nitrogen and oxygen atoms in total. The zero-order chi connectivity index (χ0) is 27.9. The maximum atomic E-state index is 14.1. The van der Waals surface area contributed by atoms with Gasteiger partial charge in [-0.25, -0.2) is 8.78 Å². The fraction of sp³-hybridized carbons (Fsp3) is 0.259. The van der Waals surface area contributed by atoms with Crippen molar-refractivity contribution >= 4 is 29.1 Å². The zero-order valence-electron chi connectivity index (χ0n) is 20.0. The average Bonchev–Trinajstić information content (AvgIpc) is 3.21. The lowest BCUT2D eigenvalue weighted by Gasteiger charge is -2.24. The first-order chi connectivity index (χ1) is 18.5. The van der Waals surface area contributed by atoms with Crippen LogP contribution in [0.4, 0.5) is 27.6 Å². The molecule has 204 valence electrons. The van der Waals surface area contributed by atoms with Gasteiger partial charge in [0.05, 0.1) is 36.1 Å². The number of alkyl halides is 3. The predicted molar refractivity (Wildman–Crippen MR) is 131 cm³/mol. The van der Waals surface area contributed by atoms with Gasteiger partial charge in [0.25, 0.3) is 11.8 Å². The van der Waals surface area contributed by atoms with Crippen molar-refractivity contribution < 1.29 is 41.0 Å². The Morgan fingerprint density at radius 3 is 2.49 bits per heavy atom. The fourth-order valence-electron chi connectivity index (χ4n) is 4.61. The van der Waals surface area contributed by atoms with Crippen LogP contribution in [0.15, 0.2) is 48.5 Å². The van der Waals surface area contributed by atoms with Crippen LogP contribution >= 0.6 is 11.6 Å². The number of hydrogen-bond donors (Lipinski definition) is 2. The van der Waals surface area contributed by atoms with Gasteiger partial charge < -0.3 is 20.1 Å². The third-order valence-corrected chi connectivity index (χ3v) is 6.78. The van der Waals surface area contributed by atoms with Crippen LogP contribution in [0.1, 0.15) is 56.3 Å². The maximum Gasteiger partial charge on any atom is 0.416 e. The van der Waals surface area contributed by atoms with E-state index >= 15 is 0 Å².